The first kappa shape index (κ1) is 21.5. The van der Waals surface area contributed by atoms with Crippen LogP contribution in [0.4, 0.5) is 0 Å². The van der Waals surface area contributed by atoms with Crippen LogP contribution in [0.5, 0.6) is 0 Å². The SMILES string of the molecule is COS(=NS(=O)(=O)c1ccccc1)[N-]S(=O)(=O)c1ccccc1.[Na+]. The maximum absolute atomic E-state index is 12.1. The smallest absolute Gasteiger partial charge is 0.453 e. The molecular formula is C13H13N2NaO5S3. The second-order valence-corrected chi connectivity index (χ2v) is 8.95. The van der Waals surface area contributed by atoms with Crippen molar-refractivity contribution in [3.63, 3.8) is 0 Å². The maximum atomic E-state index is 12.1. The van der Waals surface area contributed by atoms with E-state index in [1.54, 1.807) is 12.1 Å². The van der Waals surface area contributed by atoms with E-state index < -0.39 is 31.2 Å². The average molecular weight is 396 g/mol. The molecule has 0 aliphatic rings. The van der Waals surface area contributed by atoms with Crippen LogP contribution >= 0.6 is 0 Å². The minimum absolute atomic E-state index is 0. The summed E-state index contributed by atoms with van der Waals surface area (Å²) in [5.74, 6) is 0. The van der Waals surface area contributed by atoms with Crippen molar-refractivity contribution < 1.29 is 50.6 Å². The van der Waals surface area contributed by atoms with Gasteiger partial charge in [-0.15, -0.1) is 3.77 Å². The molecule has 2 aromatic carbocycles. The molecule has 11 heteroatoms. The van der Waals surface area contributed by atoms with Gasteiger partial charge in [-0.05, 0) is 35.4 Å². The fourth-order valence-corrected chi connectivity index (χ4v) is 5.39. The molecule has 0 N–H and O–H groups in total. The van der Waals surface area contributed by atoms with Crippen molar-refractivity contribution in [3.05, 3.63) is 64.8 Å². The summed E-state index contributed by atoms with van der Waals surface area (Å²) in [5, 5.41) is 0. The molecule has 0 saturated carbocycles. The molecule has 1 unspecified atom stereocenters. The molecule has 0 radical (unpaired) electrons. The number of rotatable bonds is 6. The quantitative estimate of drug-likeness (QED) is 0.608. The molecule has 7 nitrogen and oxygen atoms in total. The zero-order chi connectivity index (χ0) is 16.9. The molecule has 124 valence electrons. The monoisotopic (exact) mass is 396 g/mol. The van der Waals surface area contributed by atoms with E-state index in [9.17, 15) is 16.8 Å². The molecular weight excluding hydrogens is 383 g/mol. The van der Waals surface area contributed by atoms with E-state index in [2.05, 4.69) is 7.90 Å². The Hall–Kier alpha value is -0.590. The predicted molar refractivity (Wildman–Crippen MR) is 87.4 cm³/mol. The Morgan fingerprint density at radius 2 is 1.33 bits per heavy atom. The molecule has 0 aliphatic heterocycles. The fraction of sp³-hybridized carbons (Fsp3) is 0.0769. The Morgan fingerprint density at radius 3 is 1.79 bits per heavy atom. The molecule has 0 amide bonds. The van der Waals surface area contributed by atoms with Crippen molar-refractivity contribution in [2.45, 2.75) is 9.79 Å². The van der Waals surface area contributed by atoms with Crippen molar-refractivity contribution >= 4 is 31.2 Å². The Labute approximate surface area is 166 Å². The van der Waals surface area contributed by atoms with Crippen LogP contribution in [0.25, 0.3) is 4.13 Å². The molecule has 2 aromatic rings. The second-order valence-electron chi connectivity index (χ2n) is 4.12. The van der Waals surface area contributed by atoms with Crippen LogP contribution in [-0.2, 0) is 35.4 Å². The van der Waals surface area contributed by atoms with Crippen LogP contribution in [-0.4, -0.2) is 23.9 Å². The standard InChI is InChI=1S/C13H13N2O5S3.Na/c1-20-21(14-22(16,17)12-8-4-2-5-9-12)15-23(18,19)13-10-6-3-7-11-13;/h2-11H,1H3;/q-1;+1. The van der Waals surface area contributed by atoms with Crippen LogP contribution in [0.3, 0.4) is 0 Å². The van der Waals surface area contributed by atoms with Gasteiger partial charge < -0.3 is 8.31 Å². The van der Waals surface area contributed by atoms with Gasteiger partial charge in [0.1, 0.15) is 10.0 Å². The van der Waals surface area contributed by atoms with Crippen molar-refractivity contribution in [2.24, 2.45) is 3.77 Å². The normalized spacial score (nSPS) is 13.2. The van der Waals surface area contributed by atoms with Gasteiger partial charge in [-0.3, -0.25) is 0 Å². The van der Waals surface area contributed by atoms with Crippen molar-refractivity contribution in [3.8, 4) is 0 Å². The summed E-state index contributed by atoms with van der Waals surface area (Å²) >= 11 is -2.00. The van der Waals surface area contributed by atoms with E-state index in [1.807, 2.05) is 0 Å². The van der Waals surface area contributed by atoms with Crippen LogP contribution < -0.4 is 29.6 Å². The number of nitrogens with zero attached hydrogens (tertiary/aromatic N) is 2. The van der Waals surface area contributed by atoms with E-state index in [0.717, 1.165) is 7.11 Å². The van der Waals surface area contributed by atoms with E-state index in [4.69, 9.17) is 4.18 Å². The third-order valence-corrected chi connectivity index (χ3v) is 7.18. The zero-order valence-corrected chi connectivity index (χ0v) is 17.4. The Kier molecular flexibility index (Phi) is 8.23. The molecule has 2 rings (SSSR count). The fourth-order valence-electron chi connectivity index (χ4n) is 1.51. The predicted octanol–water partition coefficient (Wildman–Crippen LogP) is -0.580. The molecule has 0 fully saturated rings. The molecule has 0 aliphatic carbocycles. The summed E-state index contributed by atoms with van der Waals surface area (Å²) in [6.07, 6.45) is 0. The summed E-state index contributed by atoms with van der Waals surface area (Å²) in [7, 11) is -7.01. The second kappa shape index (κ2) is 9.20. The first-order chi connectivity index (χ1) is 10.8. The topological polar surface area (TPSA) is 104 Å². The van der Waals surface area contributed by atoms with Gasteiger partial charge in [-0.25, -0.2) is 8.42 Å². The van der Waals surface area contributed by atoms with Crippen LogP contribution in [0.2, 0.25) is 0 Å². The first-order valence-corrected chi connectivity index (χ1v) is 10.1. The summed E-state index contributed by atoms with van der Waals surface area (Å²) in [5.41, 5.74) is 0. The summed E-state index contributed by atoms with van der Waals surface area (Å²) in [6.45, 7) is 0. The van der Waals surface area contributed by atoms with E-state index >= 15 is 0 Å². The van der Waals surface area contributed by atoms with Crippen LogP contribution in [0.15, 0.2) is 74.2 Å². The van der Waals surface area contributed by atoms with Gasteiger partial charge in [0.2, 0.25) is 0 Å². The van der Waals surface area contributed by atoms with Gasteiger partial charge in [0.25, 0.3) is 10.0 Å². The van der Waals surface area contributed by atoms with E-state index in [0.29, 0.717) is 0 Å². The third-order valence-electron chi connectivity index (χ3n) is 2.55. The Balaban J connectivity index is 0.00000288. The maximum Gasteiger partial charge on any atom is 1.00 e. The van der Waals surface area contributed by atoms with E-state index in [1.165, 1.54) is 48.5 Å². The minimum atomic E-state index is -4.07. The zero-order valence-electron chi connectivity index (χ0n) is 12.9. The van der Waals surface area contributed by atoms with Gasteiger partial charge in [0, 0.05) is 12.0 Å². The van der Waals surface area contributed by atoms with Gasteiger partial charge in [0.15, 0.2) is 0 Å². The van der Waals surface area contributed by atoms with Gasteiger partial charge in [-0.1, -0.05) is 36.4 Å². The first-order valence-electron chi connectivity index (χ1n) is 6.20. The molecule has 0 heterocycles. The number of sulfonamides is 2. The molecule has 0 saturated heterocycles. The Bertz CT molecular complexity index is 901. The number of hydrogen-bond acceptors (Lipinski definition) is 5. The molecule has 0 spiro atoms. The van der Waals surface area contributed by atoms with Crippen molar-refractivity contribution in [1.29, 1.82) is 0 Å². The molecule has 24 heavy (non-hydrogen) atoms. The van der Waals surface area contributed by atoms with Gasteiger partial charge >= 0.3 is 29.6 Å². The number of hydrogen-bond donors (Lipinski definition) is 0. The number of benzene rings is 2. The molecule has 0 aromatic heterocycles. The summed E-state index contributed by atoms with van der Waals surface area (Å²) in [6, 6.07) is 14.8. The third kappa shape index (κ3) is 5.74. The molecule has 0 bridgehead atoms. The van der Waals surface area contributed by atoms with Gasteiger partial charge in [0.05, 0.1) is 4.90 Å². The van der Waals surface area contributed by atoms with Crippen molar-refractivity contribution in [2.75, 3.05) is 7.11 Å². The van der Waals surface area contributed by atoms with E-state index in [-0.39, 0.29) is 39.3 Å². The van der Waals surface area contributed by atoms with Gasteiger partial charge in [-0.2, -0.15) is 8.42 Å². The van der Waals surface area contributed by atoms with Crippen LogP contribution in [0, 0.1) is 0 Å². The largest absolute Gasteiger partial charge is 1.00 e. The summed E-state index contributed by atoms with van der Waals surface area (Å²) < 4.78 is 60.2. The minimum Gasteiger partial charge on any atom is -0.453 e. The molecule has 1 atom stereocenters. The van der Waals surface area contributed by atoms with Crippen molar-refractivity contribution in [1.82, 2.24) is 0 Å². The van der Waals surface area contributed by atoms with Crippen LogP contribution in [0.1, 0.15) is 0 Å². The summed E-state index contributed by atoms with van der Waals surface area (Å²) in [4.78, 5) is -0.135. The average Bonchev–Trinajstić information content (AvgIpc) is 2.55. The Morgan fingerprint density at radius 1 is 0.875 bits per heavy atom.